The predicted molar refractivity (Wildman–Crippen MR) is 76.7 cm³/mol. The first-order valence-electron chi connectivity index (χ1n) is 6.52. The summed E-state index contributed by atoms with van der Waals surface area (Å²) in [6, 6.07) is 6.55. The van der Waals surface area contributed by atoms with E-state index in [-0.39, 0.29) is 18.1 Å². The van der Waals surface area contributed by atoms with Crippen LogP contribution in [0.2, 0.25) is 0 Å². The minimum Gasteiger partial charge on any atom is -0.496 e. The first-order valence-corrected chi connectivity index (χ1v) is 6.52. The van der Waals surface area contributed by atoms with Gasteiger partial charge in [0.25, 0.3) is 5.91 Å². The van der Waals surface area contributed by atoms with E-state index in [1.54, 1.807) is 31.2 Å². The third kappa shape index (κ3) is 3.43. The van der Waals surface area contributed by atoms with E-state index < -0.39 is 5.97 Å². The highest BCUT2D eigenvalue weighted by atomic mass is 16.5. The molecule has 1 aromatic carbocycles. The highest BCUT2D eigenvalue weighted by molar-refractivity contribution is 5.93. The van der Waals surface area contributed by atoms with Crippen molar-refractivity contribution < 1.29 is 23.6 Å². The maximum absolute atomic E-state index is 11.9. The number of nitrogens with one attached hydrogen (secondary N) is 1. The Hall–Kier alpha value is -2.83. The molecule has 0 unspecified atom stereocenters. The molecule has 2 aromatic rings. The molecule has 0 fully saturated rings. The normalized spacial score (nSPS) is 10.1. The number of rotatable bonds is 5. The number of hydrogen-bond donors (Lipinski definition) is 1. The van der Waals surface area contributed by atoms with E-state index >= 15 is 0 Å². The van der Waals surface area contributed by atoms with Crippen molar-refractivity contribution in [2.75, 3.05) is 14.2 Å². The van der Waals surface area contributed by atoms with E-state index in [4.69, 9.17) is 14.0 Å². The van der Waals surface area contributed by atoms with Gasteiger partial charge in [0.2, 0.25) is 0 Å². The largest absolute Gasteiger partial charge is 0.496 e. The van der Waals surface area contributed by atoms with Crippen molar-refractivity contribution in [1.82, 2.24) is 10.5 Å². The van der Waals surface area contributed by atoms with Crippen LogP contribution in [0.5, 0.6) is 5.75 Å². The molecule has 0 atom stereocenters. The predicted octanol–water partition coefficient (Wildman–Crippen LogP) is 1.71. The summed E-state index contributed by atoms with van der Waals surface area (Å²) in [4.78, 5) is 23.6. The lowest BCUT2D eigenvalue weighted by Gasteiger charge is -2.09. The SMILES string of the molecule is COC(=O)c1cc(CNC(=O)c2cc(C)on2)ccc1OC. The van der Waals surface area contributed by atoms with E-state index in [1.807, 2.05) is 0 Å². The quantitative estimate of drug-likeness (QED) is 0.846. The zero-order valence-electron chi connectivity index (χ0n) is 12.5. The lowest BCUT2D eigenvalue weighted by molar-refractivity contribution is 0.0597. The van der Waals surface area contributed by atoms with Gasteiger partial charge in [0.05, 0.1) is 14.2 Å². The summed E-state index contributed by atoms with van der Waals surface area (Å²) in [7, 11) is 2.76. The zero-order chi connectivity index (χ0) is 16.1. The lowest BCUT2D eigenvalue weighted by atomic mass is 10.1. The summed E-state index contributed by atoms with van der Waals surface area (Å²) in [6.45, 7) is 1.94. The van der Waals surface area contributed by atoms with Crippen molar-refractivity contribution in [2.24, 2.45) is 0 Å². The summed E-state index contributed by atoms with van der Waals surface area (Å²) >= 11 is 0. The van der Waals surface area contributed by atoms with Gasteiger partial charge in [0.1, 0.15) is 17.1 Å². The van der Waals surface area contributed by atoms with E-state index in [0.29, 0.717) is 17.1 Å². The van der Waals surface area contributed by atoms with Crippen molar-refractivity contribution in [3.63, 3.8) is 0 Å². The van der Waals surface area contributed by atoms with Crippen LogP contribution in [0.3, 0.4) is 0 Å². The Morgan fingerprint density at radius 1 is 1.27 bits per heavy atom. The Morgan fingerprint density at radius 3 is 2.64 bits per heavy atom. The van der Waals surface area contributed by atoms with Crippen LogP contribution in [0.15, 0.2) is 28.8 Å². The maximum atomic E-state index is 11.9. The third-order valence-corrected chi connectivity index (χ3v) is 2.98. The van der Waals surface area contributed by atoms with Gasteiger partial charge in [-0.15, -0.1) is 0 Å². The van der Waals surface area contributed by atoms with Crippen LogP contribution in [0.1, 0.15) is 32.2 Å². The van der Waals surface area contributed by atoms with Crippen LogP contribution < -0.4 is 10.1 Å². The van der Waals surface area contributed by atoms with Crippen molar-refractivity contribution >= 4 is 11.9 Å². The number of aryl methyl sites for hydroxylation is 1. The van der Waals surface area contributed by atoms with Crippen molar-refractivity contribution in [3.8, 4) is 5.75 Å². The van der Waals surface area contributed by atoms with E-state index in [9.17, 15) is 9.59 Å². The molecule has 7 heteroatoms. The minimum atomic E-state index is -0.503. The molecule has 0 aliphatic carbocycles. The number of amides is 1. The maximum Gasteiger partial charge on any atom is 0.341 e. The fourth-order valence-corrected chi connectivity index (χ4v) is 1.88. The molecule has 1 aromatic heterocycles. The van der Waals surface area contributed by atoms with Crippen LogP contribution in [-0.2, 0) is 11.3 Å². The van der Waals surface area contributed by atoms with Gasteiger partial charge in [-0.2, -0.15) is 0 Å². The fraction of sp³-hybridized carbons (Fsp3) is 0.267. The third-order valence-electron chi connectivity index (χ3n) is 2.98. The van der Waals surface area contributed by atoms with Crippen molar-refractivity contribution in [1.29, 1.82) is 0 Å². The Balaban J connectivity index is 2.10. The molecular weight excluding hydrogens is 288 g/mol. The monoisotopic (exact) mass is 304 g/mol. The van der Waals surface area contributed by atoms with Crippen molar-refractivity contribution in [3.05, 3.63) is 46.8 Å². The molecule has 116 valence electrons. The Labute approximate surface area is 127 Å². The van der Waals surface area contributed by atoms with Gasteiger partial charge in [0, 0.05) is 12.6 Å². The number of ether oxygens (including phenoxy) is 2. The van der Waals surface area contributed by atoms with E-state index in [0.717, 1.165) is 5.56 Å². The number of carbonyl (C=O) groups excluding carboxylic acids is 2. The summed E-state index contributed by atoms with van der Waals surface area (Å²) in [5, 5.41) is 6.33. The summed E-state index contributed by atoms with van der Waals surface area (Å²) < 4.78 is 14.7. The van der Waals surface area contributed by atoms with Crippen LogP contribution >= 0.6 is 0 Å². The average molecular weight is 304 g/mol. The first kappa shape index (κ1) is 15.6. The number of carbonyl (C=O) groups is 2. The van der Waals surface area contributed by atoms with E-state index in [1.165, 1.54) is 14.2 Å². The molecule has 7 nitrogen and oxygen atoms in total. The number of esters is 1. The number of aromatic nitrogens is 1. The molecule has 0 aliphatic heterocycles. The zero-order valence-corrected chi connectivity index (χ0v) is 12.5. The second-order valence-electron chi connectivity index (χ2n) is 4.53. The molecule has 1 heterocycles. The van der Waals surface area contributed by atoms with Gasteiger partial charge in [-0.05, 0) is 24.6 Å². The molecule has 0 radical (unpaired) electrons. The highest BCUT2D eigenvalue weighted by Crippen LogP contribution is 2.20. The molecule has 0 bridgehead atoms. The highest BCUT2D eigenvalue weighted by Gasteiger charge is 2.15. The van der Waals surface area contributed by atoms with Crippen LogP contribution in [0.4, 0.5) is 0 Å². The second kappa shape index (κ2) is 6.75. The summed E-state index contributed by atoms with van der Waals surface area (Å²) in [5.41, 5.74) is 1.24. The minimum absolute atomic E-state index is 0.208. The van der Waals surface area contributed by atoms with E-state index in [2.05, 4.69) is 10.5 Å². The fourth-order valence-electron chi connectivity index (χ4n) is 1.88. The number of hydrogen-bond acceptors (Lipinski definition) is 6. The Morgan fingerprint density at radius 2 is 2.05 bits per heavy atom. The number of methoxy groups -OCH3 is 2. The molecule has 0 saturated heterocycles. The molecule has 0 saturated carbocycles. The molecule has 1 amide bonds. The smallest absolute Gasteiger partial charge is 0.341 e. The van der Waals surface area contributed by atoms with Gasteiger partial charge >= 0.3 is 5.97 Å². The molecule has 2 rings (SSSR count). The van der Waals surface area contributed by atoms with Crippen LogP contribution in [0, 0.1) is 6.92 Å². The molecule has 0 spiro atoms. The molecular formula is C15H16N2O5. The average Bonchev–Trinajstić information content (AvgIpc) is 2.98. The molecule has 1 N–H and O–H groups in total. The molecule has 0 aliphatic rings. The Kier molecular flexibility index (Phi) is 4.77. The van der Waals surface area contributed by atoms with Crippen LogP contribution in [-0.4, -0.2) is 31.3 Å². The standard InChI is InChI=1S/C15H16N2O5/c1-9-6-12(17-22-9)14(18)16-8-10-4-5-13(20-2)11(7-10)15(19)21-3/h4-7H,8H2,1-3H3,(H,16,18). The van der Waals surface area contributed by atoms with Gasteiger partial charge in [0.15, 0.2) is 5.69 Å². The molecule has 22 heavy (non-hydrogen) atoms. The van der Waals surface area contributed by atoms with Crippen molar-refractivity contribution in [2.45, 2.75) is 13.5 Å². The second-order valence-corrected chi connectivity index (χ2v) is 4.53. The number of nitrogens with zero attached hydrogens (tertiary/aromatic N) is 1. The van der Waals surface area contributed by atoms with Gasteiger partial charge < -0.3 is 19.3 Å². The Bertz CT molecular complexity index is 693. The van der Waals surface area contributed by atoms with Gasteiger partial charge in [-0.1, -0.05) is 11.2 Å². The topological polar surface area (TPSA) is 90.7 Å². The van der Waals surface area contributed by atoms with Gasteiger partial charge in [-0.3, -0.25) is 4.79 Å². The lowest BCUT2D eigenvalue weighted by Crippen LogP contribution is -2.23. The van der Waals surface area contributed by atoms with Crippen LogP contribution in [0.25, 0.3) is 0 Å². The number of benzene rings is 1. The first-order chi connectivity index (χ1) is 10.5. The summed E-state index contributed by atoms with van der Waals surface area (Å²) in [5.74, 6) is 0.112. The summed E-state index contributed by atoms with van der Waals surface area (Å²) in [6.07, 6.45) is 0. The van der Waals surface area contributed by atoms with Gasteiger partial charge in [-0.25, -0.2) is 4.79 Å².